The number of allylic oxidation sites excluding steroid dienone is 1. The molecule has 0 aliphatic rings. The summed E-state index contributed by atoms with van der Waals surface area (Å²) >= 11 is 1.47. The van der Waals surface area contributed by atoms with Gasteiger partial charge in [0.15, 0.2) is 11.5 Å². The fourth-order valence-electron chi connectivity index (χ4n) is 1.42. The number of ketones is 1. The van der Waals surface area contributed by atoms with Gasteiger partial charge < -0.3 is 4.74 Å². The fraction of sp³-hybridized carbons (Fsp3) is 0.0625. The van der Waals surface area contributed by atoms with Gasteiger partial charge >= 0.3 is 0 Å². The smallest absolute Gasteiger partial charge is 0.195 e. The van der Waals surface area contributed by atoms with E-state index in [2.05, 4.69) is 0 Å². The van der Waals surface area contributed by atoms with Crippen LogP contribution in [0.2, 0.25) is 0 Å². The molecule has 2 nitrogen and oxygen atoms in total. The lowest BCUT2D eigenvalue weighted by atomic mass is 10.3. The van der Waals surface area contributed by atoms with Gasteiger partial charge in [-0.15, -0.1) is 0 Å². The molecule has 0 spiro atoms. The first-order chi connectivity index (χ1) is 9.25. The van der Waals surface area contributed by atoms with E-state index in [4.69, 9.17) is 4.74 Å². The molecule has 0 atom stereocenters. The number of Topliss-reactive ketones (excluding diaryl/α,β-unsaturated/α-hetero) is 1. The predicted octanol–water partition coefficient (Wildman–Crippen LogP) is 4.29. The molecule has 2 rings (SSSR count). The molecule has 19 heavy (non-hydrogen) atoms. The molecule has 0 aliphatic carbocycles. The summed E-state index contributed by atoms with van der Waals surface area (Å²) < 4.78 is 5.59. The summed E-state index contributed by atoms with van der Waals surface area (Å²) in [6.07, 6.45) is 0. The van der Waals surface area contributed by atoms with Gasteiger partial charge in [0.25, 0.3) is 0 Å². The van der Waals surface area contributed by atoms with Crippen molar-refractivity contribution in [2.75, 3.05) is 0 Å². The SMILES string of the molecule is CC(=O)/C(=C/Sc1ccccc1)Oc1ccccc1. The predicted molar refractivity (Wildman–Crippen MR) is 78.1 cm³/mol. The molecule has 0 radical (unpaired) electrons. The summed E-state index contributed by atoms with van der Waals surface area (Å²) in [7, 11) is 0. The molecule has 2 aromatic carbocycles. The largest absolute Gasteiger partial charge is 0.453 e. The molecule has 0 aliphatic heterocycles. The Morgan fingerprint density at radius 3 is 2.16 bits per heavy atom. The minimum atomic E-state index is -0.0905. The third-order valence-electron chi connectivity index (χ3n) is 2.36. The first kappa shape index (κ1) is 13.4. The van der Waals surface area contributed by atoms with Crippen LogP contribution in [0.5, 0.6) is 5.75 Å². The average molecular weight is 270 g/mol. The molecule has 2 aromatic rings. The molecule has 0 heterocycles. The molecule has 0 aromatic heterocycles. The Morgan fingerprint density at radius 1 is 1.00 bits per heavy atom. The first-order valence-corrected chi connectivity index (χ1v) is 6.79. The normalized spacial score (nSPS) is 11.1. The number of benzene rings is 2. The molecule has 0 bridgehead atoms. The van der Waals surface area contributed by atoms with E-state index in [0.717, 1.165) is 4.90 Å². The summed E-state index contributed by atoms with van der Waals surface area (Å²) in [5.41, 5.74) is 0. The van der Waals surface area contributed by atoms with E-state index >= 15 is 0 Å². The quantitative estimate of drug-likeness (QED) is 0.460. The number of para-hydroxylation sites is 1. The first-order valence-electron chi connectivity index (χ1n) is 5.91. The number of carbonyl (C=O) groups is 1. The van der Waals surface area contributed by atoms with Gasteiger partial charge in [0, 0.05) is 17.2 Å². The van der Waals surface area contributed by atoms with Crippen molar-refractivity contribution >= 4 is 17.5 Å². The highest BCUT2D eigenvalue weighted by molar-refractivity contribution is 8.02. The number of thioether (sulfide) groups is 1. The van der Waals surface area contributed by atoms with Crippen LogP contribution in [-0.4, -0.2) is 5.78 Å². The van der Waals surface area contributed by atoms with Crippen molar-refractivity contribution in [3.05, 3.63) is 71.8 Å². The lowest BCUT2D eigenvalue weighted by Gasteiger charge is -2.06. The number of carbonyl (C=O) groups excluding carboxylic acids is 1. The minimum absolute atomic E-state index is 0.0905. The van der Waals surface area contributed by atoms with Crippen molar-refractivity contribution in [3.8, 4) is 5.75 Å². The second-order valence-corrected chi connectivity index (χ2v) is 4.83. The van der Waals surface area contributed by atoms with Gasteiger partial charge in [-0.1, -0.05) is 48.2 Å². The molecule has 3 heteroatoms. The Bertz CT molecular complexity index is 562. The lowest BCUT2D eigenvalue weighted by molar-refractivity contribution is -0.115. The van der Waals surface area contributed by atoms with Gasteiger partial charge in [0.1, 0.15) is 5.75 Å². The lowest BCUT2D eigenvalue weighted by Crippen LogP contribution is -2.04. The summed E-state index contributed by atoms with van der Waals surface area (Å²) in [5, 5.41) is 1.74. The van der Waals surface area contributed by atoms with Crippen LogP contribution in [0, 0.1) is 0 Å². The third-order valence-corrected chi connectivity index (χ3v) is 3.24. The maximum Gasteiger partial charge on any atom is 0.195 e. The van der Waals surface area contributed by atoms with Gasteiger partial charge in [-0.25, -0.2) is 0 Å². The van der Waals surface area contributed by atoms with E-state index in [-0.39, 0.29) is 5.78 Å². The van der Waals surface area contributed by atoms with Crippen molar-refractivity contribution in [3.63, 3.8) is 0 Å². The van der Waals surface area contributed by atoms with Crippen molar-refractivity contribution in [1.29, 1.82) is 0 Å². The van der Waals surface area contributed by atoms with Crippen molar-refractivity contribution in [2.45, 2.75) is 11.8 Å². The molecular weight excluding hydrogens is 256 g/mol. The molecule has 0 amide bonds. The van der Waals surface area contributed by atoms with Crippen LogP contribution in [0.1, 0.15) is 6.92 Å². The van der Waals surface area contributed by atoms with E-state index < -0.39 is 0 Å². The number of ether oxygens (including phenoxy) is 1. The maximum absolute atomic E-state index is 11.6. The Kier molecular flexibility index (Phi) is 4.81. The van der Waals surface area contributed by atoms with Crippen LogP contribution in [0.3, 0.4) is 0 Å². The number of rotatable bonds is 5. The van der Waals surface area contributed by atoms with Gasteiger partial charge in [-0.3, -0.25) is 4.79 Å². The highest BCUT2D eigenvalue weighted by atomic mass is 32.2. The van der Waals surface area contributed by atoms with Crippen molar-refractivity contribution in [2.24, 2.45) is 0 Å². The standard InChI is InChI=1S/C16H14O2S/c1-13(17)16(18-14-8-4-2-5-9-14)12-19-15-10-6-3-7-11-15/h2-12H,1H3/b16-12-. The molecule has 0 saturated heterocycles. The van der Waals surface area contributed by atoms with Gasteiger partial charge in [-0.2, -0.15) is 0 Å². The second-order valence-electron chi connectivity index (χ2n) is 3.88. The van der Waals surface area contributed by atoms with Crippen LogP contribution in [0.4, 0.5) is 0 Å². The Balaban J connectivity index is 2.10. The van der Waals surface area contributed by atoms with Gasteiger partial charge in [0.05, 0.1) is 0 Å². The highest BCUT2D eigenvalue weighted by Crippen LogP contribution is 2.22. The Hall–Kier alpha value is -2.00. The highest BCUT2D eigenvalue weighted by Gasteiger charge is 2.06. The van der Waals surface area contributed by atoms with Crippen molar-refractivity contribution < 1.29 is 9.53 Å². The zero-order chi connectivity index (χ0) is 13.5. The van der Waals surface area contributed by atoms with E-state index in [1.165, 1.54) is 18.7 Å². The van der Waals surface area contributed by atoms with Crippen LogP contribution < -0.4 is 4.74 Å². The molecular formula is C16H14O2S. The van der Waals surface area contributed by atoms with Gasteiger partial charge in [-0.05, 0) is 24.3 Å². The van der Waals surface area contributed by atoms with E-state index in [0.29, 0.717) is 11.5 Å². The second kappa shape index (κ2) is 6.81. The van der Waals surface area contributed by atoms with E-state index in [1.54, 1.807) is 5.41 Å². The summed E-state index contributed by atoms with van der Waals surface area (Å²) in [6, 6.07) is 19.2. The molecule has 0 fully saturated rings. The van der Waals surface area contributed by atoms with E-state index in [9.17, 15) is 4.79 Å². The fourth-order valence-corrected chi connectivity index (χ4v) is 2.19. The summed E-state index contributed by atoms with van der Waals surface area (Å²) in [4.78, 5) is 12.6. The van der Waals surface area contributed by atoms with E-state index in [1.807, 2.05) is 60.7 Å². The average Bonchev–Trinajstić information content (AvgIpc) is 2.45. The van der Waals surface area contributed by atoms with Crippen LogP contribution in [0.15, 0.2) is 76.7 Å². The third kappa shape index (κ3) is 4.30. The molecule has 0 N–H and O–H groups in total. The number of hydrogen-bond donors (Lipinski definition) is 0. The van der Waals surface area contributed by atoms with Crippen LogP contribution >= 0.6 is 11.8 Å². The molecule has 0 unspecified atom stereocenters. The van der Waals surface area contributed by atoms with Crippen molar-refractivity contribution in [1.82, 2.24) is 0 Å². The molecule has 0 saturated carbocycles. The Labute approximate surface area is 117 Å². The zero-order valence-corrected chi connectivity index (χ0v) is 11.4. The maximum atomic E-state index is 11.6. The monoisotopic (exact) mass is 270 g/mol. The minimum Gasteiger partial charge on any atom is -0.453 e. The Morgan fingerprint density at radius 2 is 1.58 bits per heavy atom. The molecule has 96 valence electrons. The topological polar surface area (TPSA) is 26.3 Å². The van der Waals surface area contributed by atoms with Crippen LogP contribution in [-0.2, 0) is 4.79 Å². The summed E-state index contributed by atoms with van der Waals surface area (Å²) in [6.45, 7) is 1.50. The van der Waals surface area contributed by atoms with Gasteiger partial charge in [0.2, 0.25) is 0 Å². The van der Waals surface area contributed by atoms with Crippen LogP contribution in [0.25, 0.3) is 0 Å². The number of hydrogen-bond acceptors (Lipinski definition) is 3. The summed E-state index contributed by atoms with van der Waals surface area (Å²) in [5.74, 6) is 0.921. The zero-order valence-electron chi connectivity index (χ0n) is 10.6.